The van der Waals surface area contributed by atoms with Crippen LogP contribution in [-0.4, -0.2) is 4.98 Å². The van der Waals surface area contributed by atoms with E-state index in [2.05, 4.69) is 4.98 Å². The summed E-state index contributed by atoms with van der Waals surface area (Å²) in [5, 5.41) is 8.47. The van der Waals surface area contributed by atoms with Gasteiger partial charge in [-0.25, -0.2) is 8.78 Å². The summed E-state index contributed by atoms with van der Waals surface area (Å²) in [5.74, 6) is 0. The number of hydrogen-bond acceptors (Lipinski definition) is 2. The minimum atomic E-state index is -2.61. The van der Waals surface area contributed by atoms with Crippen LogP contribution in [0.15, 0.2) is 12.4 Å². The first-order valence-corrected chi connectivity index (χ1v) is 3.29. The van der Waals surface area contributed by atoms with Gasteiger partial charge in [0.1, 0.15) is 6.07 Å². The molecule has 1 rings (SSSR count). The second-order valence-electron chi connectivity index (χ2n) is 2.33. The third-order valence-corrected chi connectivity index (χ3v) is 1.53. The van der Waals surface area contributed by atoms with Crippen molar-refractivity contribution in [2.24, 2.45) is 0 Å². The summed E-state index contributed by atoms with van der Waals surface area (Å²) in [6, 6.07) is 1.68. The van der Waals surface area contributed by atoms with Gasteiger partial charge < -0.3 is 0 Å². The topological polar surface area (TPSA) is 36.7 Å². The molecule has 1 aromatic rings. The minimum absolute atomic E-state index is 0.0509. The molecule has 0 aliphatic heterocycles. The summed E-state index contributed by atoms with van der Waals surface area (Å²) in [6.45, 7) is 1.51. The first kappa shape index (κ1) is 8.60. The number of pyridine rings is 1. The molecule has 0 atom stereocenters. The zero-order valence-electron chi connectivity index (χ0n) is 6.38. The molecule has 0 fully saturated rings. The molecule has 62 valence electrons. The molecule has 2 nitrogen and oxygen atoms in total. The van der Waals surface area contributed by atoms with Crippen molar-refractivity contribution in [3.8, 4) is 6.07 Å². The molecule has 1 aromatic heterocycles. The molecular formula is C8H6F2N2. The molecule has 0 radical (unpaired) electrons. The van der Waals surface area contributed by atoms with Crippen LogP contribution in [0, 0.1) is 18.3 Å². The van der Waals surface area contributed by atoms with Gasteiger partial charge in [-0.05, 0) is 12.5 Å². The highest BCUT2D eigenvalue weighted by atomic mass is 19.3. The zero-order chi connectivity index (χ0) is 9.14. The molecule has 0 N–H and O–H groups in total. The maximum Gasteiger partial charge on any atom is 0.265 e. The summed E-state index contributed by atoms with van der Waals surface area (Å²) in [5.41, 5.74) is 0.0848. The molecule has 0 aliphatic carbocycles. The van der Waals surface area contributed by atoms with Gasteiger partial charge in [0.2, 0.25) is 0 Å². The Morgan fingerprint density at radius 2 is 2.17 bits per heavy atom. The van der Waals surface area contributed by atoms with Crippen molar-refractivity contribution < 1.29 is 8.78 Å². The normalized spacial score (nSPS) is 9.92. The van der Waals surface area contributed by atoms with Crippen molar-refractivity contribution in [3.05, 3.63) is 29.1 Å². The fraction of sp³-hybridized carbons (Fsp3) is 0.250. The molecule has 12 heavy (non-hydrogen) atoms. The molecule has 0 bridgehead atoms. The SMILES string of the molecule is Cc1cncc(C#N)c1C(F)F. The number of nitrogens with zero attached hydrogens (tertiary/aromatic N) is 2. The predicted molar refractivity (Wildman–Crippen MR) is 38.6 cm³/mol. The highest BCUT2D eigenvalue weighted by molar-refractivity contribution is 5.40. The van der Waals surface area contributed by atoms with Crippen LogP contribution in [-0.2, 0) is 0 Å². The zero-order valence-corrected chi connectivity index (χ0v) is 6.38. The van der Waals surface area contributed by atoms with Crippen molar-refractivity contribution in [1.29, 1.82) is 5.26 Å². The highest BCUT2D eigenvalue weighted by Gasteiger charge is 2.15. The van der Waals surface area contributed by atoms with Crippen molar-refractivity contribution in [3.63, 3.8) is 0 Å². The summed E-state index contributed by atoms with van der Waals surface area (Å²) in [7, 11) is 0. The largest absolute Gasteiger partial charge is 0.265 e. The van der Waals surface area contributed by atoms with E-state index in [1.54, 1.807) is 6.07 Å². The first-order chi connectivity index (χ1) is 5.66. The van der Waals surface area contributed by atoms with Crippen LogP contribution in [0.3, 0.4) is 0 Å². The predicted octanol–water partition coefficient (Wildman–Crippen LogP) is 2.20. The summed E-state index contributed by atoms with van der Waals surface area (Å²) in [6.07, 6.45) is -0.140. The van der Waals surface area contributed by atoms with Crippen molar-refractivity contribution >= 4 is 0 Å². The van der Waals surface area contributed by atoms with E-state index in [0.717, 1.165) is 6.20 Å². The number of aromatic nitrogens is 1. The van der Waals surface area contributed by atoms with Crippen LogP contribution in [0.5, 0.6) is 0 Å². The number of rotatable bonds is 1. The van der Waals surface area contributed by atoms with Crippen molar-refractivity contribution in [2.45, 2.75) is 13.3 Å². The van der Waals surface area contributed by atoms with Gasteiger partial charge in [0.25, 0.3) is 6.43 Å². The molecular weight excluding hydrogens is 162 g/mol. The van der Waals surface area contributed by atoms with Crippen LogP contribution in [0.1, 0.15) is 23.1 Å². The van der Waals surface area contributed by atoms with E-state index >= 15 is 0 Å². The molecule has 0 aromatic carbocycles. The van der Waals surface area contributed by atoms with Crippen LogP contribution < -0.4 is 0 Å². The van der Waals surface area contributed by atoms with Crippen molar-refractivity contribution in [2.75, 3.05) is 0 Å². The lowest BCUT2D eigenvalue weighted by Gasteiger charge is -2.04. The van der Waals surface area contributed by atoms with Crippen LogP contribution >= 0.6 is 0 Å². The van der Waals surface area contributed by atoms with Crippen LogP contribution in [0.25, 0.3) is 0 Å². The van der Waals surface area contributed by atoms with Gasteiger partial charge in [-0.1, -0.05) is 0 Å². The Labute approximate surface area is 68.5 Å². The Hall–Kier alpha value is -1.50. The third kappa shape index (κ3) is 1.40. The molecule has 0 amide bonds. The van der Waals surface area contributed by atoms with Gasteiger partial charge >= 0.3 is 0 Å². The van der Waals surface area contributed by atoms with E-state index in [-0.39, 0.29) is 11.1 Å². The summed E-state index contributed by atoms with van der Waals surface area (Å²) >= 11 is 0. The second-order valence-corrected chi connectivity index (χ2v) is 2.33. The van der Waals surface area contributed by atoms with Gasteiger partial charge in [-0.3, -0.25) is 4.98 Å². The monoisotopic (exact) mass is 168 g/mol. The standard InChI is InChI=1S/C8H6F2N2/c1-5-3-12-4-6(2-11)7(5)8(9)10/h3-4,8H,1H3. The first-order valence-electron chi connectivity index (χ1n) is 3.29. The van der Waals surface area contributed by atoms with Gasteiger partial charge in [-0.15, -0.1) is 0 Å². The lowest BCUT2D eigenvalue weighted by molar-refractivity contribution is 0.150. The van der Waals surface area contributed by atoms with E-state index in [1.807, 2.05) is 0 Å². The number of halogens is 2. The molecule has 0 saturated heterocycles. The lowest BCUT2D eigenvalue weighted by atomic mass is 10.1. The minimum Gasteiger partial charge on any atom is -0.263 e. The number of alkyl halides is 2. The average molecular weight is 168 g/mol. The Morgan fingerprint density at radius 3 is 2.58 bits per heavy atom. The Balaban J connectivity index is 3.32. The molecule has 4 heteroatoms. The van der Waals surface area contributed by atoms with Gasteiger partial charge in [0, 0.05) is 18.0 Å². The lowest BCUT2D eigenvalue weighted by Crippen LogP contribution is -1.95. The Morgan fingerprint density at radius 1 is 1.50 bits per heavy atom. The van der Waals surface area contributed by atoms with E-state index in [1.165, 1.54) is 13.1 Å². The highest BCUT2D eigenvalue weighted by Crippen LogP contribution is 2.24. The average Bonchev–Trinajstić information content (AvgIpc) is 2.03. The van der Waals surface area contributed by atoms with Gasteiger partial charge in [0.05, 0.1) is 5.56 Å². The quantitative estimate of drug-likeness (QED) is 0.644. The van der Waals surface area contributed by atoms with Crippen molar-refractivity contribution in [1.82, 2.24) is 4.98 Å². The van der Waals surface area contributed by atoms with Gasteiger partial charge in [-0.2, -0.15) is 5.26 Å². The fourth-order valence-electron chi connectivity index (χ4n) is 0.954. The number of nitriles is 1. The summed E-state index contributed by atoms with van der Waals surface area (Å²) in [4.78, 5) is 3.64. The summed E-state index contributed by atoms with van der Waals surface area (Å²) < 4.78 is 24.6. The third-order valence-electron chi connectivity index (χ3n) is 1.53. The molecule has 1 heterocycles. The van der Waals surface area contributed by atoms with E-state index in [4.69, 9.17) is 5.26 Å². The maximum absolute atomic E-state index is 12.3. The molecule has 0 unspecified atom stereocenters. The molecule has 0 aliphatic rings. The van der Waals surface area contributed by atoms with Gasteiger partial charge in [0.15, 0.2) is 0 Å². The fourth-order valence-corrected chi connectivity index (χ4v) is 0.954. The van der Waals surface area contributed by atoms with Crippen LogP contribution in [0.2, 0.25) is 0 Å². The van der Waals surface area contributed by atoms with E-state index in [9.17, 15) is 8.78 Å². The van der Waals surface area contributed by atoms with E-state index in [0.29, 0.717) is 5.56 Å². The molecule has 0 saturated carbocycles. The maximum atomic E-state index is 12.3. The smallest absolute Gasteiger partial charge is 0.263 e. The second kappa shape index (κ2) is 3.26. The Kier molecular flexibility index (Phi) is 2.34. The molecule has 0 spiro atoms. The van der Waals surface area contributed by atoms with E-state index < -0.39 is 6.43 Å². The number of aryl methyl sites for hydroxylation is 1. The number of hydrogen-bond donors (Lipinski definition) is 0. The van der Waals surface area contributed by atoms with Crippen LogP contribution in [0.4, 0.5) is 8.78 Å². The Bertz CT molecular complexity index is 328.